The van der Waals surface area contributed by atoms with E-state index in [1.54, 1.807) is 0 Å². The lowest BCUT2D eigenvalue weighted by Gasteiger charge is -2.05. The maximum absolute atomic E-state index is 10.8. The number of carbonyl (C=O) groups excluding carboxylic acids is 2. The average molecular weight is 204 g/mol. The molecule has 0 spiro atoms. The molecule has 0 aromatic heterocycles. The van der Waals surface area contributed by atoms with Crippen molar-refractivity contribution in [2.24, 2.45) is 11.5 Å². The third-order valence-corrected chi connectivity index (χ3v) is 1.35. The van der Waals surface area contributed by atoms with Gasteiger partial charge in [-0.1, -0.05) is 0 Å². The predicted molar refractivity (Wildman–Crippen MR) is 45.0 cm³/mol. The molecule has 0 heterocycles. The first-order valence-corrected chi connectivity index (χ1v) is 3.85. The molecular formula is C7H12N2O5. The van der Waals surface area contributed by atoms with Gasteiger partial charge in [0.2, 0.25) is 0 Å². The number of esters is 1. The van der Waals surface area contributed by atoms with Crippen LogP contribution in [0.15, 0.2) is 0 Å². The summed E-state index contributed by atoms with van der Waals surface area (Å²) in [6, 6.07) is -1.10. The fourth-order valence-corrected chi connectivity index (χ4v) is 0.621. The molecule has 80 valence electrons. The number of carboxylic acid groups (broad SMARTS) is 1. The number of carbonyl (C=O) groups is 3. The lowest BCUT2D eigenvalue weighted by atomic mass is 10.2. The molecule has 1 atom stereocenters. The van der Waals surface area contributed by atoms with Gasteiger partial charge in [0, 0.05) is 6.42 Å². The van der Waals surface area contributed by atoms with Crippen molar-refractivity contribution >= 4 is 17.8 Å². The number of carboxylic acids is 1. The van der Waals surface area contributed by atoms with Crippen molar-refractivity contribution in [2.45, 2.75) is 18.9 Å². The molecule has 0 aromatic rings. The van der Waals surface area contributed by atoms with Crippen molar-refractivity contribution < 1.29 is 24.2 Å². The summed E-state index contributed by atoms with van der Waals surface area (Å²) in [5.74, 6) is -2.64. The topological polar surface area (TPSA) is 133 Å². The van der Waals surface area contributed by atoms with Gasteiger partial charge in [-0.2, -0.15) is 0 Å². The van der Waals surface area contributed by atoms with E-state index in [0.717, 1.165) is 0 Å². The lowest BCUT2D eigenvalue weighted by molar-refractivity contribution is -0.148. The van der Waals surface area contributed by atoms with E-state index in [1.165, 1.54) is 0 Å². The van der Waals surface area contributed by atoms with Gasteiger partial charge in [-0.3, -0.25) is 14.4 Å². The van der Waals surface area contributed by atoms with Crippen LogP contribution in [-0.2, 0) is 19.1 Å². The van der Waals surface area contributed by atoms with Gasteiger partial charge in [0.25, 0.3) is 5.91 Å². The molecule has 7 heteroatoms. The minimum Gasteiger partial charge on any atom is -0.480 e. The average Bonchev–Trinajstić information content (AvgIpc) is 2.10. The van der Waals surface area contributed by atoms with E-state index >= 15 is 0 Å². The minimum atomic E-state index is -1.19. The summed E-state index contributed by atoms with van der Waals surface area (Å²) < 4.78 is 4.37. The Morgan fingerprint density at radius 1 is 1.36 bits per heavy atom. The molecule has 0 saturated carbocycles. The molecule has 1 amide bonds. The highest BCUT2D eigenvalue weighted by Gasteiger charge is 2.14. The summed E-state index contributed by atoms with van der Waals surface area (Å²) in [4.78, 5) is 31.2. The molecular weight excluding hydrogens is 192 g/mol. The van der Waals surface area contributed by atoms with Gasteiger partial charge in [-0.25, -0.2) is 0 Å². The fraction of sp³-hybridized carbons (Fsp3) is 0.571. The molecule has 0 saturated heterocycles. The van der Waals surface area contributed by atoms with Crippen LogP contribution in [0.2, 0.25) is 0 Å². The van der Waals surface area contributed by atoms with Crippen molar-refractivity contribution in [3.8, 4) is 0 Å². The quantitative estimate of drug-likeness (QED) is 0.437. The number of ether oxygens (including phenoxy) is 1. The molecule has 7 nitrogen and oxygen atoms in total. The maximum Gasteiger partial charge on any atom is 0.320 e. The number of hydrogen-bond donors (Lipinski definition) is 3. The van der Waals surface area contributed by atoms with Crippen molar-refractivity contribution in [2.75, 3.05) is 6.61 Å². The number of primary amides is 1. The number of aliphatic carboxylic acids is 1. The molecule has 5 N–H and O–H groups in total. The monoisotopic (exact) mass is 204 g/mol. The lowest BCUT2D eigenvalue weighted by Crippen LogP contribution is -2.31. The van der Waals surface area contributed by atoms with Crippen LogP contribution in [0.4, 0.5) is 0 Å². The predicted octanol–water partition coefficient (Wildman–Crippen LogP) is -1.79. The van der Waals surface area contributed by atoms with Gasteiger partial charge in [0.05, 0.1) is 0 Å². The summed E-state index contributed by atoms with van der Waals surface area (Å²) >= 11 is 0. The molecule has 0 aliphatic carbocycles. The van der Waals surface area contributed by atoms with Crippen LogP contribution in [-0.4, -0.2) is 35.6 Å². The van der Waals surface area contributed by atoms with Crippen LogP contribution in [0, 0.1) is 0 Å². The Bertz CT molecular complexity index is 240. The van der Waals surface area contributed by atoms with Crippen LogP contribution in [0.5, 0.6) is 0 Å². The number of hydrogen-bond acceptors (Lipinski definition) is 5. The Balaban J connectivity index is 3.64. The standard InChI is InChI=1S/C7H12N2O5/c8-4(7(12)13)1-2-6(11)14-3-5(9)10/h4H,1-3,8H2,(H2,9,10)(H,12,13)/t4-/m0/s1. The second-order valence-electron chi connectivity index (χ2n) is 2.61. The van der Waals surface area contributed by atoms with E-state index in [-0.39, 0.29) is 12.8 Å². The van der Waals surface area contributed by atoms with E-state index < -0.39 is 30.5 Å². The van der Waals surface area contributed by atoms with Crippen LogP contribution in [0.25, 0.3) is 0 Å². The number of nitrogens with two attached hydrogens (primary N) is 2. The second-order valence-corrected chi connectivity index (χ2v) is 2.61. The number of rotatable bonds is 6. The van der Waals surface area contributed by atoms with Crippen molar-refractivity contribution in [1.29, 1.82) is 0 Å². The SMILES string of the molecule is NC(=O)COC(=O)CC[C@H](N)C(=O)O. The van der Waals surface area contributed by atoms with E-state index in [2.05, 4.69) is 4.74 Å². The van der Waals surface area contributed by atoms with Gasteiger partial charge in [-0.15, -0.1) is 0 Å². The fourth-order valence-electron chi connectivity index (χ4n) is 0.621. The highest BCUT2D eigenvalue weighted by Crippen LogP contribution is 1.96. The third-order valence-electron chi connectivity index (χ3n) is 1.35. The van der Waals surface area contributed by atoms with Crippen LogP contribution < -0.4 is 11.5 Å². The molecule has 0 fully saturated rings. The summed E-state index contributed by atoms with van der Waals surface area (Å²) in [5, 5.41) is 8.36. The van der Waals surface area contributed by atoms with E-state index in [9.17, 15) is 14.4 Å². The van der Waals surface area contributed by atoms with E-state index in [4.69, 9.17) is 16.6 Å². The smallest absolute Gasteiger partial charge is 0.320 e. The molecule has 0 bridgehead atoms. The molecule has 0 aromatic carbocycles. The molecule has 0 rings (SSSR count). The molecule has 14 heavy (non-hydrogen) atoms. The van der Waals surface area contributed by atoms with E-state index in [1.807, 2.05) is 0 Å². The summed E-state index contributed by atoms with van der Waals surface area (Å²) in [6.07, 6.45) is -0.187. The normalized spacial score (nSPS) is 11.8. The first kappa shape index (κ1) is 12.4. The van der Waals surface area contributed by atoms with Gasteiger partial charge in [0.1, 0.15) is 6.04 Å². The summed E-state index contributed by atoms with van der Waals surface area (Å²) in [6.45, 7) is -0.499. The molecule has 0 aliphatic heterocycles. The molecule has 0 unspecified atom stereocenters. The van der Waals surface area contributed by atoms with Crippen molar-refractivity contribution in [1.82, 2.24) is 0 Å². The van der Waals surface area contributed by atoms with Gasteiger partial charge >= 0.3 is 11.9 Å². The van der Waals surface area contributed by atoms with E-state index in [0.29, 0.717) is 0 Å². The Kier molecular flexibility index (Phi) is 5.23. The Morgan fingerprint density at radius 2 is 1.93 bits per heavy atom. The van der Waals surface area contributed by atoms with Gasteiger partial charge in [0.15, 0.2) is 6.61 Å². The largest absolute Gasteiger partial charge is 0.480 e. The Hall–Kier alpha value is -1.63. The molecule has 0 radical (unpaired) electrons. The Labute approximate surface area is 80.0 Å². The van der Waals surface area contributed by atoms with Gasteiger partial charge < -0.3 is 21.3 Å². The summed E-state index contributed by atoms with van der Waals surface area (Å²) in [7, 11) is 0. The van der Waals surface area contributed by atoms with Crippen molar-refractivity contribution in [3.05, 3.63) is 0 Å². The zero-order valence-corrected chi connectivity index (χ0v) is 7.43. The zero-order valence-electron chi connectivity index (χ0n) is 7.43. The summed E-state index contributed by atoms with van der Waals surface area (Å²) in [5.41, 5.74) is 9.83. The van der Waals surface area contributed by atoms with Crippen LogP contribution in [0.1, 0.15) is 12.8 Å². The zero-order chi connectivity index (χ0) is 11.1. The van der Waals surface area contributed by atoms with Crippen LogP contribution in [0.3, 0.4) is 0 Å². The highest BCUT2D eigenvalue weighted by molar-refractivity contribution is 5.79. The second kappa shape index (κ2) is 5.92. The molecule has 0 aliphatic rings. The Morgan fingerprint density at radius 3 is 2.36 bits per heavy atom. The first-order valence-electron chi connectivity index (χ1n) is 3.85. The maximum atomic E-state index is 10.8. The highest BCUT2D eigenvalue weighted by atomic mass is 16.5. The number of amides is 1. The first-order chi connectivity index (χ1) is 6.43. The van der Waals surface area contributed by atoms with Crippen molar-refractivity contribution in [3.63, 3.8) is 0 Å². The minimum absolute atomic E-state index is 0.0348. The van der Waals surface area contributed by atoms with Gasteiger partial charge in [-0.05, 0) is 6.42 Å². The third kappa shape index (κ3) is 5.95. The van der Waals surface area contributed by atoms with Crippen LogP contribution >= 0.6 is 0 Å².